The molecule has 0 aliphatic carbocycles. The Hall–Kier alpha value is -1.75. The number of hydrogen-bond donors (Lipinski definition) is 0. The lowest BCUT2D eigenvalue weighted by atomic mass is 10.2. The Morgan fingerprint density at radius 1 is 1.28 bits per heavy atom. The number of amides is 1. The molecule has 0 saturated carbocycles. The lowest BCUT2D eigenvalue weighted by Crippen LogP contribution is -2.49. The molecule has 1 amide bonds. The highest BCUT2D eigenvalue weighted by atomic mass is 16.2. The number of ketones is 1. The van der Waals surface area contributed by atoms with Gasteiger partial charge in [0.2, 0.25) is 0 Å². The van der Waals surface area contributed by atoms with Crippen LogP contribution >= 0.6 is 0 Å². The highest BCUT2D eigenvalue weighted by Gasteiger charge is 2.22. The fraction of sp³-hybridized carbons (Fsp3) is 0.462. The average molecular weight is 247 g/mol. The van der Waals surface area contributed by atoms with Crippen LogP contribution in [0.2, 0.25) is 0 Å². The summed E-state index contributed by atoms with van der Waals surface area (Å²) in [4.78, 5) is 31.0. The van der Waals surface area contributed by atoms with Crippen molar-refractivity contribution in [3.05, 3.63) is 30.1 Å². The highest BCUT2D eigenvalue weighted by Crippen LogP contribution is 2.07. The molecular formula is C13H17N3O2. The molecule has 5 heteroatoms. The highest BCUT2D eigenvalue weighted by molar-refractivity contribution is 5.93. The van der Waals surface area contributed by atoms with E-state index in [4.69, 9.17) is 0 Å². The van der Waals surface area contributed by atoms with Gasteiger partial charge >= 0.3 is 0 Å². The number of aromatic nitrogens is 1. The smallest absolute Gasteiger partial charge is 0.255 e. The predicted octanol–water partition coefficient (Wildman–Crippen LogP) is 0.428. The van der Waals surface area contributed by atoms with Crippen molar-refractivity contribution in [2.75, 3.05) is 32.7 Å². The Kier molecular flexibility index (Phi) is 4.04. The molecule has 0 bridgehead atoms. The summed E-state index contributed by atoms with van der Waals surface area (Å²) >= 11 is 0. The first-order valence-corrected chi connectivity index (χ1v) is 6.08. The zero-order chi connectivity index (χ0) is 13.0. The molecule has 1 aliphatic rings. The van der Waals surface area contributed by atoms with Gasteiger partial charge in [-0.1, -0.05) is 0 Å². The minimum absolute atomic E-state index is 0.0191. The molecule has 0 unspecified atom stereocenters. The van der Waals surface area contributed by atoms with Gasteiger partial charge < -0.3 is 4.90 Å². The van der Waals surface area contributed by atoms with Crippen molar-refractivity contribution in [2.24, 2.45) is 0 Å². The van der Waals surface area contributed by atoms with E-state index in [2.05, 4.69) is 9.88 Å². The molecule has 0 aromatic carbocycles. The molecule has 1 aromatic rings. The summed E-state index contributed by atoms with van der Waals surface area (Å²) in [5, 5.41) is 0. The molecule has 0 radical (unpaired) electrons. The van der Waals surface area contributed by atoms with Crippen LogP contribution in [-0.4, -0.2) is 59.2 Å². The van der Waals surface area contributed by atoms with Crippen LogP contribution in [0.5, 0.6) is 0 Å². The van der Waals surface area contributed by atoms with E-state index in [0.717, 1.165) is 13.1 Å². The molecule has 1 fully saturated rings. The van der Waals surface area contributed by atoms with Gasteiger partial charge in [0.25, 0.3) is 5.91 Å². The summed E-state index contributed by atoms with van der Waals surface area (Å²) in [6, 6.07) is 3.54. The summed E-state index contributed by atoms with van der Waals surface area (Å²) in [6.45, 7) is 4.92. The second-order valence-electron chi connectivity index (χ2n) is 4.51. The van der Waals surface area contributed by atoms with E-state index in [1.54, 1.807) is 31.5 Å². The number of rotatable bonds is 3. The van der Waals surface area contributed by atoms with Crippen molar-refractivity contribution in [3.63, 3.8) is 0 Å². The van der Waals surface area contributed by atoms with Crippen LogP contribution in [-0.2, 0) is 4.79 Å². The maximum Gasteiger partial charge on any atom is 0.255 e. The molecule has 96 valence electrons. The molecule has 0 spiro atoms. The molecule has 2 rings (SSSR count). The van der Waals surface area contributed by atoms with Crippen LogP contribution in [0, 0.1) is 0 Å². The van der Waals surface area contributed by atoms with Crippen molar-refractivity contribution in [3.8, 4) is 0 Å². The summed E-state index contributed by atoms with van der Waals surface area (Å²) in [5.41, 5.74) is 0.623. The van der Waals surface area contributed by atoms with E-state index < -0.39 is 0 Å². The topological polar surface area (TPSA) is 53.5 Å². The number of carbonyl (C=O) groups is 2. The van der Waals surface area contributed by atoms with Gasteiger partial charge in [-0.05, 0) is 19.1 Å². The van der Waals surface area contributed by atoms with E-state index in [1.807, 2.05) is 4.90 Å². The molecule has 0 atom stereocenters. The van der Waals surface area contributed by atoms with Crippen LogP contribution in [0.15, 0.2) is 24.5 Å². The minimum Gasteiger partial charge on any atom is -0.336 e. The average Bonchev–Trinajstić information content (AvgIpc) is 2.39. The predicted molar refractivity (Wildman–Crippen MR) is 67.3 cm³/mol. The van der Waals surface area contributed by atoms with Gasteiger partial charge in [-0.2, -0.15) is 0 Å². The Labute approximate surface area is 106 Å². The quantitative estimate of drug-likeness (QED) is 0.777. The van der Waals surface area contributed by atoms with Gasteiger partial charge in [-0.15, -0.1) is 0 Å². The van der Waals surface area contributed by atoms with Gasteiger partial charge in [0.15, 0.2) is 0 Å². The van der Waals surface area contributed by atoms with E-state index >= 15 is 0 Å². The first-order chi connectivity index (χ1) is 8.66. The van der Waals surface area contributed by atoms with Crippen molar-refractivity contribution in [2.45, 2.75) is 6.92 Å². The molecule has 18 heavy (non-hydrogen) atoms. The molecule has 1 saturated heterocycles. The molecule has 1 aromatic heterocycles. The van der Waals surface area contributed by atoms with E-state index in [0.29, 0.717) is 25.2 Å². The van der Waals surface area contributed by atoms with Gasteiger partial charge in [-0.3, -0.25) is 19.5 Å². The van der Waals surface area contributed by atoms with Gasteiger partial charge in [0.05, 0.1) is 12.1 Å². The van der Waals surface area contributed by atoms with Crippen molar-refractivity contribution in [1.82, 2.24) is 14.8 Å². The molecule has 0 N–H and O–H groups in total. The van der Waals surface area contributed by atoms with Crippen molar-refractivity contribution >= 4 is 11.7 Å². The third-order valence-electron chi connectivity index (χ3n) is 3.01. The maximum absolute atomic E-state index is 12.1. The largest absolute Gasteiger partial charge is 0.336 e. The van der Waals surface area contributed by atoms with Crippen LogP contribution < -0.4 is 0 Å². The fourth-order valence-corrected chi connectivity index (χ4v) is 2.10. The Balaban J connectivity index is 1.90. The number of hydrogen-bond acceptors (Lipinski definition) is 4. The normalized spacial score (nSPS) is 16.6. The van der Waals surface area contributed by atoms with Crippen LogP contribution in [0.1, 0.15) is 17.3 Å². The van der Waals surface area contributed by atoms with Crippen molar-refractivity contribution < 1.29 is 9.59 Å². The van der Waals surface area contributed by atoms with Gasteiger partial charge in [-0.25, -0.2) is 0 Å². The number of nitrogens with zero attached hydrogens (tertiary/aromatic N) is 3. The minimum atomic E-state index is 0.0191. The summed E-state index contributed by atoms with van der Waals surface area (Å²) in [7, 11) is 0. The first-order valence-electron chi connectivity index (χ1n) is 6.08. The Morgan fingerprint density at radius 2 is 2.00 bits per heavy atom. The van der Waals surface area contributed by atoms with Crippen molar-refractivity contribution in [1.29, 1.82) is 0 Å². The lowest BCUT2D eigenvalue weighted by molar-refractivity contribution is -0.118. The Morgan fingerprint density at radius 3 is 2.56 bits per heavy atom. The number of pyridine rings is 1. The zero-order valence-electron chi connectivity index (χ0n) is 10.5. The number of carbonyl (C=O) groups excluding carboxylic acids is 2. The fourth-order valence-electron chi connectivity index (χ4n) is 2.10. The van der Waals surface area contributed by atoms with E-state index in [1.165, 1.54) is 0 Å². The standard InChI is InChI=1S/C13H17N3O2/c1-11(17)10-15-5-7-16(8-6-15)13(18)12-3-2-4-14-9-12/h2-4,9H,5-8,10H2,1H3. The molecular weight excluding hydrogens is 230 g/mol. The summed E-state index contributed by atoms with van der Waals surface area (Å²) in [5.74, 6) is 0.188. The summed E-state index contributed by atoms with van der Waals surface area (Å²) in [6.07, 6.45) is 3.24. The lowest BCUT2D eigenvalue weighted by Gasteiger charge is -2.34. The molecule has 5 nitrogen and oxygen atoms in total. The Bertz CT molecular complexity index is 425. The third-order valence-corrected chi connectivity index (χ3v) is 3.01. The summed E-state index contributed by atoms with van der Waals surface area (Å²) < 4.78 is 0. The van der Waals surface area contributed by atoms with Crippen LogP contribution in [0.4, 0.5) is 0 Å². The number of Topliss-reactive ketones (excluding diaryl/α,β-unsaturated/α-hetero) is 1. The molecule has 2 heterocycles. The van der Waals surface area contributed by atoms with E-state index in [9.17, 15) is 9.59 Å². The third kappa shape index (κ3) is 3.13. The monoisotopic (exact) mass is 247 g/mol. The maximum atomic E-state index is 12.1. The number of piperazine rings is 1. The second-order valence-corrected chi connectivity index (χ2v) is 4.51. The second kappa shape index (κ2) is 5.73. The molecule has 1 aliphatic heterocycles. The van der Waals surface area contributed by atoms with Crippen LogP contribution in [0.3, 0.4) is 0 Å². The van der Waals surface area contributed by atoms with E-state index in [-0.39, 0.29) is 11.7 Å². The van der Waals surface area contributed by atoms with Gasteiger partial charge in [0.1, 0.15) is 5.78 Å². The van der Waals surface area contributed by atoms with Crippen LogP contribution in [0.25, 0.3) is 0 Å². The SMILES string of the molecule is CC(=O)CN1CCN(C(=O)c2cccnc2)CC1. The first kappa shape index (κ1) is 12.7. The zero-order valence-corrected chi connectivity index (χ0v) is 10.5. The van der Waals surface area contributed by atoms with Gasteiger partial charge in [0, 0.05) is 38.6 Å².